The minimum atomic E-state index is -0.357. The zero-order valence-electron chi connectivity index (χ0n) is 8.36. The molecule has 0 spiro atoms. The van der Waals surface area contributed by atoms with Crippen LogP contribution in [0.2, 0.25) is 0 Å². The fraction of sp³-hybridized carbons (Fsp3) is 0.750. The molecule has 0 aliphatic carbocycles. The topological polar surface area (TPSA) is 81.6 Å². The lowest BCUT2D eigenvalue weighted by molar-refractivity contribution is -0.119. The average molecular weight is 219 g/mol. The molecular formula is C8H17N3O2S. The predicted molar refractivity (Wildman–Crippen MR) is 58.9 cm³/mol. The van der Waals surface area contributed by atoms with E-state index < -0.39 is 0 Å². The van der Waals surface area contributed by atoms with Crippen molar-refractivity contribution in [2.24, 2.45) is 11.5 Å². The van der Waals surface area contributed by atoms with Crippen molar-refractivity contribution in [2.45, 2.75) is 6.42 Å². The highest BCUT2D eigenvalue weighted by Crippen LogP contribution is 1.91. The standard InChI is InChI=1S/C8H17N3O2S/c1-13-5-4-11(6-7(9)12)3-2-8(10)14/h2-6H2,1H3,(H2,9,12)(H2,10,14). The molecule has 5 nitrogen and oxygen atoms in total. The Balaban J connectivity index is 3.83. The number of nitrogens with zero attached hydrogens (tertiary/aromatic N) is 1. The first kappa shape index (κ1) is 13.3. The molecule has 0 fully saturated rings. The molecule has 0 aliphatic rings. The van der Waals surface area contributed by atoms with Crippen LogP contribution in [-0.4, -0.2) is 49.1 Å². The van der Waals surface area contributed by atoms with Crippen LogP contribution in [0, 0.1) is 0 Å². The Morgan fingerprint density at radius 2 is 2.07 bits per heavy atom. The second kappa shape index (κ2) is 7.66. The number of rotatable bonds is 8. The van der Waals surface area contributed by atoms with Crippen molar-refractivity contribution in [3.05, 3.63) is 0 Å². The Morgan fingerprint density at radius 1 is 1.43 bits per heavy atom. The van der Waals surface area contributed by atoms with Gasteiger partial charge in [-0.15, -0.1) is 0 Å². The molecule has 0 aromatic carbocycles. The number of carbonyl (C=O) groups is 1. The zero-order chi connectivity index (χ0) is 11.0. The van der Waals surface area contributed by atoms with Crippen LogP contribution in [0.15, 0.2) is 0 Å². The third kappa shape index (κ3) is 7.90. The number of nitrogens with two attached hydrogens (primary N) is 2. The Labute approximate surface area is 89.4 Å². The number of carbonyl (C=O) groups excluding carboxylic acids is 1. The average Bonchev–Trinajstić information content (AvgIpc) is 2.09. The van der Waals surface area contributed by atoms with Crippen molar-refractivity contribution in [2.75, 3.05) is 33.4 Å². The highest BCUT2D eigenvalue weighted by Gasteiger charge is 2.07. The number of hydrogen-bond donors (Lipinski definition) is 2. The summed E-state index contributed by atoms with van der Waals surface area (Å²) in [6.07, 6.45) is 0.590. The van der Waals surface area contributed by atoms with Crippen LogP contribution in [0.4, 0.5) is 0 Å². The smallest absolute Gasteiger partial charge is 0.231 e. The number of methoxy groups -OCH3 is 1. The lowest BCUT2D eigenvalue weighted by Crippen LogP contribution is -2.37. The number of amides is 1. The summed E-state index contributed by atoms with van der Waals surface area (Å²) in [6, 6.07) is 0. The summed E-state index contributed by atoms with van der Waals surface area (Å²) >= 11 is 4.74. The Kier molecular flexibility index (Phi) is 7.27. The summed E-state index contributed by atoms with van der Waals surface area (Å²) in [5.41, 5.74) is 10.4. The highest BCUT2D eigenvalue weighted by atomic mass is 32.1. The van der Waals surface area contributed by atoms with Gasteiger partial charge in [0, 0.05) is 26.6 Å². The van der Waals surface area contributed by atoms with Crippen molar-refractivity contribution in [1.82, 2.24) is 4.90 Å². The molecule has 0 radical (unpaired) electrons. The molecular weight excluding hydrogens is 202 g/mol. The molecule has 82 valence electrons. The van der Waals surface area contributed by atoms with E-state index in [0.29, 0.717) is 31.1 Å². The Bertz CT molecular complexity index is 199. The molecule has 0 saturated carbocycles. The van der Waals surface area contributed by atoms with Gasteiger partial charge in [-0.2, -0.15) is 0 Å². The first-order valence-electron chi connectivity index (χ1n) is 4.34. The normalized spacial score (nSPS) is 10.4. The number of primary amides is 1. The second-order valence-corrected chi connectivity index (χ2v) is 3.48. The molecule has 0 aromatic rings. The van der Waals surface area contributed by atoms with Gasteiger partial charge in [0.05, 0.1) is 18.1 Å². The summed E-state index contributed by atoms with van der Waals surface area (Å²) in [5.74, 6) is -0.357. The van der Waals surface area contributed by atoms with Crippen LogP contribution in [0.1, 0.15) is 6.42 Å². The fourth-order valence-electron chi connectivity index (χ4n) is 0.979. The maximum absolute atomic E-state index is 10.7. The molecule has 0 atom stereocenters. The molecule has 0 aliphatic heterocycles. The SMILES string of the molecule is COCCN(CCC(N)=S)CC(N)=O. The van der Waals surface area contributed by atoms with Gasteiger partial charge in [0.25, 0.3) is 0 Å². The minimum Gasteiger partial charge on any atom is -0.393 e. The lowest BCUT2D eigenvalue weighted by atomic mass is 10.3. The largest absolute Gasteiger partial charge is 0.393 e. The summed E-state index contributed by atoms with van der Waals surface area (Å²) < 4.78 is 4.90. The van der Waals surface area contributed by atoms with E-state index in [1.54, 1.807) is 7.11 Å². The van der Waals surface area contributed by atoms with E-state index in [4.69, 9.17) is 28.4 Å². The van der Waals surface area contributed by atoms with E-state index in [-0.39, 0.29) is 12.5 Å². The first-order valence-corrected chi connectivity index (χ1v) is 4.75. The van der Waals surface area contributed by atoms with Gasteiger partial charge in [-0.1, -0.05) is 12.2 Å². The van der Waals surface area contributed by atoms with E-state index in [1.807, 2.05) is 4.90 Å². The van der Waals surface area contributed by atoms with E-state index in [2.05, 4.69) is 0 Å². The van der Waals surface area contributed by atoms with Crippen LogP contribution in [0.25, 0.3) is 0 Å². The number of hydrogen-bond acceptors (Lipinski definition) is 4. The molecule has 4 N–H and O–H groups in total. The maximum Gasteiger partial charge on any atom is 0.231 e. The molecule has 0 bridgehead atoms. The maximum atomic E-state index is 10.7. The lowest BCUT2D eigenvalue weighted by Gasteiger charge is -2.19. The van der Waals surface area contributed by atoms with Gasteiger partial charge in [-0.25, -0.2) is 0 Å². The van der Waals surface area contributed by atoms with Crippen LogP contribution < -0.4 is 11.5 Å². The Hall–Kier alpha value is -0.720. The van der Waals surface area contributed by atoms with Crippen molar-refractivity contribution in [1.29, 1.82) is 0 Å². The quantitative estimate of drug-likeness (QED) is 0.517. The van der Waals surface area contributed by atoms with E-state index >= 15 is 0 Å². The van der Waals surface area contributed by atoms with Gasteiger partial charge < -0.3 is 16.2 Å². The van der Waals surface area contributed by atoms with Gasteiger partial charge in [-0.05, 0) is 0 Å². The number of ether oxygens (including phenoxy) is 1. The highest BCUT2D eigenvalue weighted by molar-refractivity contribution is 7.80. The summed E-state index contributed by atoms with van der Waals surface area (Å²) in [5, 5.41) is 0. The van der Waals surface area contributed by atoms with Crippen molar-refractivity contribution >= 4 is 23.1 Å². The Morgan fingerprint density at radius 3 is 2.50 bits per heavy atom. The summed E-state index contributed by atoms with van der Waals surface area (Å²) in [7, 11) is 1.61. The van der Waals surface area contributed by atoms with Crippen LogP contribution in [-0.2, 0) is 9.53 Å². The minimum absolute atomic E-state index is 0.214. The molecule has 0 aromatic heterocycles. The van der Waals surface area contributed by atoms with E-state index in [1.165, 1.54) is 0 Å². The molecule has 14 heavy (non-hydrogen) atoms. The molecule has 1 amide bonds. The first-order chi connectivity index (χ1) is 6.56. The van der Waals surface area contributed by atoms with Crippen LogP contribution in [0.3, 0.4) is 0 Å². The van der Waals surface area contributed by atoms with Crippen molar-refractivity contribution in [3.8, 4) is 0 Å². The molecule has 0 heterocycles. The molecule has 0 rings (SSSR count). The van der Waals surface area contributed by atoms with Crippen molar-refractivity contribution < 1.29 is 9.53 Å². The predicted octanol–water partition coefficient (Wildman–Crippen LogP) is -0.904. The van der Waals surface area contributed by atoms with Gasteiger partial charge in [-0.3, -0.25) is 9.69 Å². The van der Waals surface area contributed by atoms with E-state index in [9.17, 15) is 4.79 Å². The monoisotopic (exact) mass is 219 g/mol. The summed E-state index contributed by atoms with van der Waals surface area (Å²) in [6.45, 7) is 2.07. The van der Waals surface area contributed by atoms with Gasteiger partial charge in [0.1, 0.15) is 0 Å². The van der Waals surface area contributed by atoms with Crippen molar-refractivity contribution in [3.63, 3.8) is 0 Å². The zero-order valence-corrected chi connectivity index (χ0v) is 9.18. The van der Waals surface area contributed by atoms with E-state index in [0.717, 1.165) is 0 Å². The van der Waals surface area contributed by atoms with Crippen LogP contribution in [0.5, 0.6) is 0 Å². The molecule has 0 unspecified atom stereocenters. The van der Waals surface area contributed by atoms with Gasteiger partial charge in [0.15, 0.2) is 0 Å². The number of thiocarbonyl (C=S) groups is 1. The molecule has 0 saturated heterocycles. The van der Waals surface area contributed by atoms with Crippen LogP contribution >= 0.6 is 12.2 Å². The van der Waals surface area contributed by atoms with Gasteiger partial charge >= 0.3 is 0 Å². The third-order valence-electron chi connectivity index (χ3n) is 1.67. The third-order valence-corrected chi connectivity index (χ3v) is 1.87. The second-order valence-electron chi connectivity index (χ2n) is 2.95. The molecule has 6 heteroatoms. The van der Waals surface area contributed by atoms with Gasteiger partial charge in [0.2, 0.25) is 5.91 Å². The summed E-state index contributed by atoms with van der Waals surface area (Å²) in [4.78, 5) is 13.0. The fourth-order valence-corrected chi connectivity index (χ4v) is 1.07.